The first-order valence-corrected chi connectivity index (χ1v) is 11.3. The van der Waals surface area contributed by atoms with E-state index in [9.17, 15) is 13.7 Å². The molecule has 2 heterocycles. The van der Waals surface area contributed by atoms with E-state index in [1.807, 2.05) is 6.07 Å². The molecule has 0 aliphatic heterocycles. The highest BCUT2D eigenvalue weighted by Crippen LogP contribution is 2.38. The number of halogens is 1. The number of nitrogens with one attached hydrogen (secondary N) is 2. The molecule has 31 heavy (non-hydrogen) atoms. The Hall–Kier alpha value is -3.59. The summed E-state index contributed by atoms with van der Waals surface area (Å²) in [4.78, 5) is 3.81. The number of benzene rings is 2. The number of nitrogens with zero attached hydrogens (tertiary/aromatic N) is 3. The lowest BCUT2D eigenvalue weighted by Gasteiger charge is -2.13. The number of nitrogen functional groups attached to an aromatic ring is 1. The first kappa shape index (κ1) is 20.7. The molecule has 0 amide bonds. The van der Waals surface area contributed by atoms with Crippen LogP contribution in [0.2, 0.25) is 5.02 Å². The van der Waals surface area contributed by atoms with Crippen LogP contribution < -0.4 is 15.2 Å². The molecule has 0 aliphatic carbocycles. The summed E-state index contributed by atoms with van der Waals surface area (Å²) in [6.45, 7) is 0. The third kappa shape index (κ3) is 4.31. The molecule has 0 saturated heterocycles. The number of ether oxygens (including phenoxy) is 1. The van der Waals surface area contributed by atoms with Crippen LogP contribution in [0.4, 0.5) is 10.9 Å². The molecule has 0 saturated carbocycles. The third-order valence-electron chi connectivity index (χ3n) is 4.16. The van der Waals surface area contributed by atoms with Crippen LogP contribution in [0.25, 0.3) is 11.1 Å². The number of rotatable bonds is 6. The van der Waals surface area contributed by atoms with Crippen molar-refractivity contribution < 1.29 is 13.2 Å². The van der Waals surface area contributed by atoms with E-state index >= 15 is 0 Å². The van der Waals surface area contributed by atoms with Crippen LogP contribution in [-0.2, 0) is 10.0 Å². The summed E-state index contributed by atoms with van der Waals surface area (Å²) < 4.78 is 33.5. The standard InChI is InChI=1S/C19H13ClN6O3S2/c20-12-1-3-17(14(8-12)15-10-24-25-18(15)22)29-16-4-2-13(7-11(16)9-21)31(27,28)26-19-23-5-6-30-19/h1-8,10H,(H,23,26)(H3,22,24,25). The average molecular weight is 473 g/mol. The lowest BCUT2D eigenvalue weighted by Crippen LogP contribution is -2.13. The van der Waals surface area contributed by atoms with E-state index in [0.717, 1.165) is 11.3 Å². The van der Waals surface area contributed by atoms with Crippen LogP contribution in [0.15, 0.2) is 59.1 Å². The van der Waals surface area contributed by atoms with Gasteiger partial charge in [-0.25, -0.2) is 13.4 Å². The van der Waals surface area contributed by atoms with Gasteiger partial charge in [-0.1, -0.05) is 11.6 Å². The maximum atomic E-state index is 12.6. The lowest BCUT2D eigenvalue weighted by atomic mass is 10.1. The minimum atomic E-state index is -3.92. The van der Waals surface area contributed by atoms with Crippen LogP contribution in [0.3, 0.4) is 0 Å². The molecule has 2 aromatic carbocycles. The van der Waals surface area contributed by atoms with Gasteiger partial charge in [-0.3, -0.25) is 9.82 Å². The van der Waals surface area contributed by atoms with Crippen LogP contribution in [-0.4, -0.2) is 23.6 Å². The van der Waals surface area contributed by atoms with Gasteiger partial charge in [-0.2, -0.15) is 10.4 Å². The first-order chi connectivity index (χ1) is 14.9. The van der Waals surface area contributed by atoms with Crippen molar-refractivity contribution in [2.24, 2.45) is 0 Å². The van der Waals surface area contributed by atoms with Gasteiger partial charge >= 0.3 is 0 Å². The zero-order valence-corrected chi connectivity index (χ0v) is 17.9. The Bertz CT molecular complexity index is 1390. The normalized spacial score (nSPS) is 11.1. The average Bonchev–Trinajstić information content (AvgIpc) is 3.40. The van der Waals surface area contributed by atoms with E-state index in [2.05, 4.69) is 19.9 Å². The fraction of sp³-hybridized carbons (Fsp3) is 0. The van der Waals surface area contributed by atoms with Crippen LogP contribution in [0.1, 0.15) is 5.56 Å². The molecule has 0 unspecified atom stereocenters. The van der Waals surface area contributed by atoms with Gasteiger partial charge in [0.1, 0.15) is 17.6 Å². The summed E-state index contributed by atoms with van der Waals surface area (Å²) in [6, 6.07) is 10.8. The molecule has 156 valence electrons. The quantitative estimate of drug-likeness (QED) is 0.380. The highest BCUT2D eigenvalue weighted by Gasteiger charge is 2.19. The fourth-order valence-electron chi connectivity index (χ4n) is 2.74. The largest absolute Gasteiger partial charge is 0.455 e. The maximum absolute atomic E-state index is 12.6. The molecule has 0 spiro atoms. The molecule has 12 heteroatoms. The molecular formula is C19H13ClN6O3S2. The molecule has 4 rings (SSSR count). The molecule has 4 aromatic rings. The Morgan fingerprint density at radius 1 is 1.19 bits per heavy atom. The summed E-state index contributed by atoms with van der Waals surface area (Å²) in [6.07, 6.45) is 3.08. The number of thiazole rings is 1. The maximum Gasteiger partial charge on any atom is 0.263 e. The van der Waals surface area contributed by atoms with Gasteiger partial charge in [0.05, 0.1) is 10.5 Å². The minimum Gasteiger partial charge on any atom is -0.455 e. The van der Waals surface area contributed by atoms with Crippen molar-refractivity contribution in [3.63, 3.8) is 0 Å². The van der Waals surface area contributed by atoms with Crippen LogP contribution in [0.5, 0.6) is 11.5 Å². The van der Waals surface area contributed by atoms with Crippen molar-refractivity contribution >= 4 is 43.9 Å². The summed E-state index contributed by atoms with van der Waals surface area (Å²) in [5.74, 6) is 0.786. The third-order valence-corrected chi connectivity index (χ3v) is 6.55. The molecule has 0 aliphatic rings. The van der Waals surface area contributed by atoms with Crippen molar-refractivity contribution in [2.45, 2.75) is 4.90 Å². The molecule has 0 bridgehead atoms. The predicted octanol–water partition coefficient (Wildman–Crippen LogP) is 4.23. The molecule has 9 nitrogen and oxygen atoms in total. The van der Waals surface area contributed by atoms with Gasteiger partial charge < -0.3 is 10.5 Å². The summed E-state index contributed by atoms with van der Waals surface area (Å²) in [5, 5.41) is 18.5. The van der Waals surface area contributed by atoms with Crippen molar-refractivity contribution in [3.8, 4) is 28.7 Å². The number of aromatic amines is 1. The number of hydrogen-bond acceptors (Lipinski definition) is 8. The second-order valence-corrected chi connectivity index (χ2v) is 9.15. The highest BCUT2D eigenvalue weighted by molar-refractivity contribution is 7.93. The van der Waals surface area contributed by atoms with Gasteiger partial charge in [0.25, 0.3) is 10.0 Å². The molecule has 0 fully saturated rings. The number of nitrogens with two attached hydrogens (primary N) is 1. The van der Waals surface area contributed by atoms with Gasteiger partial charge in [-0.15, -0.1) is 11.3 Å². The second-order valence-electron chi connectivity index (χ2n) is 6.14. The molecule has 0 atom stereocenters. The Kier molecular flexibility index (Phi) is 5.51. The summed E-state index contributed by atoms with van der Waals surface area (Å²) >= 11 is 7.26. The minimum absolute atomic E-state index is 0.0306. The van der Waals surface area contributed by atoms with E-state index in [1.165, 1.54) is 24.4 Å². The van der Waals surface area contributed by atoms with Crippen LogP contribution in [0, 0.1) is 11.3 Å². The van der Waals surface area contributed by atoms with E-state index in [1.54, 1.807) is 29.8 Å². The molecule has 4 N–H and O–H groups in total. The number of sulfonamides is 1. The number of H-pyrrole nitrogens is 1. The van der Waals surface area contributed by atoms with Gasteiger partial charge in [0.15, 0.2) is 10.9 Å². The van der Waals surface area contributed by atoms with E-state index in [0.29, 0.717) is 21.9 Å². The summed E-state index contributed by atoms with van der Waals surface area (Å²) in [7, 11) is -3.92. The SMILES string of the molecule is N#Cc1cc(S(=O)(=O)Nc2nccs2)ccc1Oc1ccc(Cl)cc1-c1c[nH]nc1N. The van der Waals surface area contributed by atoms with Crippen molar-refractivity contribution in [1.82, 2.24) is 15.2 Å². The number of anilines is 2. The van der Waals surface area contributed by atoms with E-state index in [-0.39, 0.29) is 27.2 Å². The second kappa shape index (κ2) is 8.27. The lowest BCUT2D eigenvalue weighted by molar-refractivity contribution is 0.482. The van der Waals surface area contributed by atoms with Gasteiger partial charge in [0.2, 0.25) is 0 Å². The molecule has 0 radical (unpaired) electrons. The Labute approximate surface area is 186 Å². The Balaban J connectivity index is 1.70. The summed E-state index contributed by atoms with van der Waals surface area (Å²) in [5.41, 5.74) is 7.06. The first-order valence-electron chi connectivity index (χ1n) is 8.61. The van der Waals surface area contributed by atoms with E-state index < -0.39 is 10.0 Å². The highest BCUT2D eigenvalue weighted by atomic mass is 35.5. The molecule has 2 aromatic heterocycles. The van der Waals surface area contributed by atoms with Crippen molar-refractivity contribution in [1.29, 1.82) is 5.26 Å². The smallest absolute Gasteiger partial charge is 0.263 e. The Morgan fingerprint density at radius 3 is 2.68 bits per heavy atom. The van der Waals surface area contributed by atoms with Gasteiger partial charge in [-0.05, 0) is 36.4 Å². The van der Waals surface area contributed by atoms with E-state index in [4.69, 9.17) is 22.1 Å². The Morgan fingerprint density at radius 2 is 2.00 bits per heavy atom. The van der Waals surface area contributed by atoms with Crippen LogP contribution >= 0.6 is 22.9 Å². The number of nitriles is 1. The number of hydrogen-bond donors (Lipinski definition) is 3. The monoisotopic (exact) mass is 472 g/mol. The predicted molar refractivity (Wildman–Crippen MR) is 118 cm³/mol. The van der Waals surface area contributed by atoms with Crippen molar-refractivity contribution in [2.75, 3.05) is 10.5 Å². The molecular weight excluding hydrogens is 460 g/mol. The van der Waals surface area contributed by atoms with Crippen molar-refractivity contribution in [3.05, 3.63) is 64.8 Å². The topological polar surface area (TPSA) is 147 Å². The number of aromatic nitrogens is 3. The zero-order chi connectivity index (χ0) is 22.0. The van der Waals surface area contributed by atoms with Gasteiger partial charge in [0, 0.05) is 33.9 Å². The zero-order valence-electron chi connectivity index (χ0n) is 15.5. The fourth-order valence-corrected chi connectivity index (χ4v) is 4.72.